The van der Waals surface area contributed by atoms with Crippen LogP contribution in [-0.4, -0.2) is 4.98 Å². The maximum absolute atomic E-state index is 12.3. The number of halogens is 3. The van der Waals surface area contributed by atoms with Crippen molar-refractivity contribution in [3.05, 3.63) is 35.7 Å². The van der Waals surface area contributed by atoms with Crippen LogP contribution >= 0.6 is 11.3 Å². The number of aromatic nitrogens is 1. The minimum absolute atomic E-state index is 0.356. The smallest absolute Gasteiger partial charge is 0.241 e. The van der Waals surface area contributed by atoms with Crippen molar-refractivity contribution < 1.29 is 13.2 Å². The van der Waals surface area contributed by atoms with Gasteiger partial charge in [-0.3, -0.25) is 0 Å². The fourth-order valence-corrected chi connectivity index (χ4v) is 1.89. The van der Waals surface area contributed by atoms with Crippen LogP contribution in [0.2, 0.25) is 0 Å². The lowest BCUT2D eigenvalue weighted by atomic mass is 10.2. The van der Waals surface area contributed by atoms with Crippen LogP contribution in [0.1, 0.15) is 10.6 Å². The molecule has 0 amide bonds. The summed E-state index contributed by atoms with van der Waals surface area (Å²) in [4.78, 5) is 3.89. The predicted octanol–water partition coefficient (Wildman–Crippen LogP) is 3.50. The van der Waals surface area contributed by atoms with Gasteiger partial charge in [-0.1, -0.05) is 0 Å². The summed E-state index contributed by atoms with van der Waals surface area (Å²) in [5, 5.41) is 0.527. The van der Waals surface area contributed by atoms with Crippen molar-refractivity contribution in [3.63, 3.8) is 0 Å². The third-order valence-corrected chi connectivity index (χ3v) is 2.65. The number of thiazole rings is 1. The first kappa shape index (κ1) is 9.45. The maximum atomic E-state index is 12.3. The zero-order valence-electron chi connectivity index (χ0n) is 6.93. The van der Waals surface area contributed by atoms with E-state index in [2.05, 4.69) is 11.9 Å². The number of hydrogen-bond donors (Lipinski definition) is 0. The van der Waals surface area contributed by atoms with Crippen LogP contribution in [0.3, 0.4) is 0 Å². The van der Waals surface area contributed by atoms with Crippen molar-refractivity contribution in [2.75, 3.05) is 0 Å². The first-order valence-electron chi connectivity index (χ1n) is 3.76. The third-order valence-electron chi connectivity index (χ3n) is 1.76. The molecule has 1 radical (unpaired) electrons. The Morgan fingerprint density at radius 1 is 1.29 bits per heavy atom. The van der Waals surface area contributed by atoms with E-state index in [0.29, 0.717) is 10.5 Å². The highest BCUT2D eigenvalue weighted by molar-refractivity contribution is 7.18. The normalized spacial score (nSPS) is 12.3. The molecule has 1 aromatic heterocycles. The molecule has 0 saturated heterocycles. The largest absolute Gasteiger partial charge is 0.416 e. The molecule has 0 N–H and O–H groups in total. The average Bonchev–Trinajstić information content (AvgIpc) is 2.41. The molecule has 0 aliphatic heterocycles. The van der Waals surface area contributed by atoms with Gasteiger partial charge in [-0.15, -0.1) is 11.3 Å². The molecule has 1 aromatic carbocycles. The van der Waals surface area contributed by atoms with Gasteiger partial charge in [-0.05, 0) is 18.2 Å². The number of hydrogen-bond acceptors (Lipinski definition) is 2. The number of fused-ring (bicyclic) bond motifs is 1. The summed E-state index contributed by atoms with van der Waals surface area (Å²) in [5.74, 6) is 0. The van der Waals surface area contributed by atoms with Crippen molar-refractivity contribution in [2.24, 2.45) is 0 Å². The van der Waals surface area contributed by atoms with Crippen LogP contribution in [0.15, 0.2) is 18.2 Å². The topological polar surface area (TPSA) is 12.9 Å². The van der Waals surface area contributed by atoms with E-state index >= 15 is 0 Å². The van der Waals surface area contributed by atoms with E-state index in [4.69, 9.17) is 0 Å². The zero-order valence-corrected chi connectivity index (χ0v) is 7.75. The second-order valence-electron chi connectivity index (χ2n) is 2.79. The summed E-state index contributed by atoms with van der Waals surface area (Å²) in [7, 11) is 0. The van der Waals surface area contributed by atoms with Gasteiger partial charge < -0.3 is 0 Å². The van der Waals surface area contributed by atoms with Gasteiger partial charge in [-0.25, -0.2) is 4.98 Å². The number of benzene rings is 1. The van der Waals surface area contributed by atoms with Crippen molar-refractivity contribution >= 4 is 21.6 Å². The van der Waals surface area contributed by atoms with Crippen molar-refractivity contribution in [2.45, 2.75) is 6.18 Å². The van der Waals surface area contributed by atoms with Gasteiger partial charge in [0.15, 0.2) is 0 Å². The molecule has 0 fully saturated rings. The zero-order chi connectivity index (χ0) is 10.3. The molecule has 0 saturated carbocycles. The lowest BCUT2D eigenvalue weighted by Gasteiger charge is -2.04. The number of alkyl halides is 3. The van der Waals surface area contributed by atoms with Gasteiger partial charge in [0.2, 0.25) is 0 Å². The first-order valence-corrected chi connectivity index (χ1v) is 4.58. The summed E-state index contributed by atoms with van der Waals surface area (Å²) in [6.07, 6.45) is -4.31. The SMILES string of the molecule is [CH2]c1nc2cc(C(F)(F)F)ccc2s1. The molecule has 1 nitrogen and oxygen atoms in total. The van der Waals surface area contributed by atoms with Crippen LogP contribution < -0.4 is 0 Å². The summed E-state index contributed by atoms with van der Waals surface area (Å²) in [6.45, 7) is 3.58. The Morgan fingerprint density at radius 3 is 2.64 bits per heavy atom. The molecule has 0 spiro atoms. The highest BCUT2D eigenvalue weighted by Gasteiger charge is 2.30. The van der Waals surface area contributed by atoms with Crippen LogP contribution in [0.25, 0.3) is 10.2 Å². The Balaban J connectivity index is 2.62. The van der Waals surface area contributed by atoms with E-state index in [0.717, 1.165) is 16.8 Å². The maximum Gasteiger partial charge on any atom is 0.416 e. The molecular weight excluding hydrogens is 211 g/mol. The van der Waals surface area contributed by atoms with E-state index in [1.807, 2.05) is 0 Å². The third kappa shape index (κ3) is 1.59. The molecule has 1 heterocycles. The van der Waals surface area contributed by atoms with E-state index in [1.54, 1.807) is 0 Å². The lowest BCUT2D eigenvalue weighted by Crippen LogP contribution is -2.03. The lowest BCUT2D eigenvalue weighted by molar-refractivity contribution is -0.137. The molecule has 73 valence electrons. The van der Waals surface area contributed by atoms with Gasteiger partial charge in [0.1, 0.15) is 0 Å². The minimum atomic E-state index is -4.31. The van der Waals surface area contributed by atoms with Crippen LogP contribution in [0.4, 0.5) is 13.2 Å². The Kier molecular flexibility index (Phi) is 1.99. The Morgan fingerprint density at radius 2 is 2.00 bits per heavy atom. The van der Waals surface area contributed by atoms with E-state index in [-0.39, 0.29) is 0 Å². The highest BCUT2D eigenvalue weighted by Crippen LogP contribution is 2.32. The predicted molar refractivity (Wildman–Crippen MR) is 49.1 cm³/mol. The molecule has 14 heavy (non-hydrogen) atoms. The Labute approximate surface area is 82.2 Å². The molecule has 2 rings (SSSR count). The summed E-state index contributed by atoms with van der Waals surface area (Å²) < 4.78 is 37.6. The van der Waals surface area contributed by atoms with Gasteiger partial charge in [0.25, 0.3) is 0 Å². The summed E-state index contributed by atoms with van der Waals surface area (Å²) in [5.41, 5.74) is -0.315. The first-order chi connectivity index (χ1) is 6.47. The van der Waals surface area contributed by atoms with Crippen LogP contribution in [0, 0.1) is 6.92 Å². The molecule has 0 aliphatic carbocycles. The second-order valence-corrected chi connectivity index (χ2v) is 3.90. The van der Waals surface area contributed by atoms with E-state index in [9.17, 15) is 13.2 Å². The molecular formula is C9H5F3NS. The average molecular weight is 216 g/mol. The molecule has 0 bridgehead atoms. The highest BCUT2D eigenvalue weighted by atomic mass is 32.1. The number of nitrogens with zero attached hydrogens (tertiary/aromatic N) is 1. The summed E-state index contributed by atoms with van der Waals surface area (Å²) >= 11 is 1.28. The van der Waals surface area contributed by atoms with Gasteiger partial charge in [-0.2, -0.15) is 13.2 Å². The fraction of sp³-hybridized carbons (Fsp3) is 0.111. The molecule has 5 heteroatoms. The minimum Gasteiger partial charge on any atom is -0.241 e. The second kappa shape index (κ2) is 2.95. The van der Waals surface area contributed by atoms with E-state index in [1.165, 1.54) is 17.4 Å². The quantitative estimate of drug-likeness (QED) is 0.656. The molecule has 0 atom stereocenters. The van der Waals surface area contributed by atoms with Gasteiger partial charge >= 0.3 is 6.18 Å². The van der Waals surface area contributed by atoms with Crippen molar-refractivity contribution in [3.8, 4) is 0 Å². The monoisotopic (exact) mass is 216 g/mol. The van der Waals surface area contributed by atoms with Gasteiger partial charge in [0.05, 0.1) is 20.8 Å². The van der Waals surface area contributed by atoms with Crippen LogP contribution in [0.5, 0.6) is 0 Å². The molecule has 2 aromatic rings. The Bertz CT molecular complexity index is 472. The standard InChI is InChI=1S/C9H5F3NS/c1-5-13-7-4-6(9(10,11)12)2-3-8(7)14-5/h2-4H,1H2. The molecule has 0 aliphatic rings. The van der Waals surface area contributed by atoms with Crippen molar-refractivity contribution in [1.82, 2.24) is 4.98 Å². The fourth-order valence-electron chi connectivity index (χ4n) is 1.15. The Hall–Kier alpha value is -1.10. The summed E-state index contributed by atoms with van der Waals surface area (Å²) in [6, 6.07) is 3.52. The van der Waals surface area contributed by atoms with Crippen molar-refractivity contribution in [1.29, 1.82) is 0 Å². The number of rotatable bonds is 0. The molecule has 0 unspecified atom stereocenters. The van der Waals surface area contributed by atoms with Crippen LogP contribution in [-0.2, 0) is 6.18 Å². The van der Waals surface area contributed by atoms with E-state index < -0.39 is 11.7 Å². The van der Waals surface area contributed by atoms with Gasteiger partial charge in [0, 0.05) is 6.92 Å².